The highest BCUT2D eigenvalue weighted by Crippen LogP contribution is 2.28. The highest BCUT2D eigenvalue weighted by atomic mass is 16.5. The summed E-state index contributed by atoms with van der Waals surface area (Å²) < 4.78 is 5.01. The molecule has 0 radical (unpaired) electrons. The van der Waals surface area contributed by atoms with Crippen molar-refractivity contribution >= 4 is 23.4 Å². The molecule has 0 aliphatic rings. The smallest absolute Gasteiger partial charge is 0.320 e. The summed E-state index contributed by atoms with van der Waals surface area (Å²) in [6.07, 6.45) is 3.17. The molecule has 2 heterocycles. The Bertz CT molecular complexity index is 971. The maximum atomic E-state index is 12.4. The highest BCUT2D eigenvalue weighted by molar-refractivity contribution is 6.03. The topological polar surface area (TPSA) is 142 Å². The molecule has 0 saturated heterocycles. The fourth-order valence-corrected chi connectivity index (χ4v) is 2.73. The maximum Gasteiger partial charge on any atom is 0.320 e. The number of carbonyl (C=O) groups is 1. The van der Waals surface area contributed by atoms with Gasteiger partial charge < -0.3 is 15.8 Å². The number of nitrogens with two attached hydrogens (primary N) is 1. The van der Waals surface area contributed by atoms with Crippen LogP contribution < -0.4 is 16.4 Å². The second-order valence-electron chi connectivity index (χ2n) is 6.07. The summed E-state index contributed by atoms with van der Waals surface area (Å²) in [5, 5.41) is 20.1. The molecule has 0 unspecified atom stereocenters. The molecule has 9 heteroatoms. The van der Waals surface area contributed by atoms with Gasteiger partial charge in [-0.2, -0.15) is 5.10 Å². The molecule has 3 rings (SSSR count). The minimum atomic E-state index is -0.420. The van der Waals surface area contributed by atoms with Crippen molar-refractivity contribution in [2.45, 2.75) is 13.0 Å². The Morgan fingerprint density at radius 2 is 2.07 bits per heavy atom. The van der Waals surface area contributed by atoms with Gasteiger partial charge in [-0.15, -0.1) is 0 Å². The number of aromatic nitrogens is 3. The van der Waals surface area contributed by atoms with Gasteiger partial charge in [0, 0.05) is 17.8 Å². The molecule has 2 amide bonds. The number of carbonyl (C=O) groups excluding carboxylic acids is 1. The Morgan fingerprint density at radius 3 is 2.71 bits per heavy atom. The predicted molar refractivity (Wildman–Crippen MR) is 107 cm³/mol. The number of H-pyrrole nitrogens is 1. The quantitative estimate of drug-likeness (QED) is 0.342. The Hall–Kier alpha value is -3.88. The summed E-state index contributed by atoms with van der Waals surface area (Å²) >= 11 is 0. The standard InChI is InChI=1S/C19H21N7O2/c1-11(12-6-4-3-5-7-12)24-19(27)26-15-8-14(20)16(18(21)28-2)17(25-15)13-9-22-23-10-13/h3-11,21H,1-2H3,(H,22,23)(H4,20,24,25,26,27)/t11-/m1/s1. The minimum absolute atomic E-state index is 0.130. The van der Waals surface area contributed by atoms with Crippen molar-refractivity contribution in [1.82, 2.24) is 20.5 Å². The van der Waals surface area contributed by atoms with Crippen molar-refractivity contribution in [2.24, 2.45) is 0 Å². The van der Waals surface area contributed by atoms with E-state index in [1.54, 1.807) is 12.4 Å². The van der Waals surface area contributed by atoms with Gasteiger partial charge in [-0.25, -0.2) is 9.78 Å². The van der Waals surface area contributed by atoms with Gasteiger partial charge in [-0.1, -0.05) is 30.3 Å². The summed E-state index contributed by atoms with van der Waals surface area (Å²) in [6.45, 7) is 1.89. The predicted octanol–water partition coefficient (Wildman–Crippen LogP) is 2.91. The van der Waals surface area contributed by atoms with Gasteiger partial charge >= 0.3 is 6.03 Å². The lowest BCUT2D eigenvalue weighted by molar-refractivity contribution is 0.249. The van der Waals surface area contributed by atoms with E-state index in [1.807, 2.05) is 37.3 Å². The number of aromatic amines is 1. The molecule has 0 saturated carbocycles. The number of anilines is 2. The lowest BCUT2D eigenvalue weighted by atomic mass is 10.1. The minimum Gasteiger partial charge on any atom is -0.481 e. The van der Waals surface area contributed by atoms with Crippen molar-refractivity contribution < 1.29 is 9.53 Å². The van der Waals surface area contributed by atoms with Gasteiger partial charge in [0.05, 0.1) is 36.3 Å². The van der Waals surface area contributed by atoms with Crippen LogP contribution in [0.5, 0.6) is 0 Å². The van der Waals surface area contributed by atoms with Crippen LogP contribution in [0.25, 0.3) is 11.3 Å². The zero-order chi connectivity index (χ0) is 20.1. The molecule has 0 aliphatic heterocycles. The van der Waals surface area contributed by atoms with Crippen LogP contribution in [0.2, 0.25) is 0 Å². The molecule has 28 heavy (non-hydrogen) atoms. The Kier molecular flexibility index (Phi) is 5.54. The second-order valence-corrected chi connectivity index (χ2v) is 6.07. The Balaban J connectivity index is 1.84. The first-order valence-corrected chi connectivity index (χ1v) is 8.54. The van der Waals surface area contributed by atoms with Crippen molar-refractivity contribution in [3.8, 4) is 11.3 Å². The van der Waals surface area contributed by atoms with Crippen molar-refractivity contribution in [3.63, 3.8) is 0 Å². The number of nitrogens with zero attached hydrogens (tertiary/aromatic N) is 2. The lowest BCUT2D eigenvalue weighted by Crippen LogP contribution is -2.31. The number of urea groups is 1. The fraction of sp³-hybridized carbons (Fsp3) is 0.158. The number of methoxy groups -OCH3 is 1. The van der Waals surface area contributed by atoms with Crippen LogP contribution in [0.15, 0.2) is 48.8 Å². The van der Waals surface area contributed by atoms with Gasteiger partial charge in [0.25, 0.3) is 0 Å². The third-order valence-corrected chi connectivity index (χ3v) is 4.14. The molecule has 0 aliphatic carbocycles. The number of pyridine rings is 1. The first-order valence-electron chi connectivity index (χ1n) is 8.54. The molecule has 9 nitrogen and oxygen atoms in total. The largest absolute Gasteiger partial charge is 0.481 e. The van der Waals surface area contributed by atoms with E-state index in [-0.39, 0.29) is 23.4 Å². The van der Waals surface area contributed by atoms with Crippen LogP contribution in [0.1, 0.15) is 24.1 Å². The maximum absolute atomic E-state index is 12.4. The zero-order valence-electron chi connectivity index (χ0n) is 15.5. The van der Waals surface area contributed by atoms with E-state index in [0.717, 1.165) is 5.56 Å². The molecule has 0 bridgehead atoms. The van der Waals surface area contributed by atoms with E-state index in [2.05, 4.69) is 25.8 Å². The Labute approximate surface area is 161 Å². The van der Waals surface area contributed by atoms with Crippen LogP contribution in [0.4, 0.5) is 16.3 Å². The number of ether oxygens (including phenoxy) is 1. The van der Waals surface area contributed by atoms with Crippen LogP contribution in [-0.2, 0) is 4.74 Å². The third kappa shape index (κ3) is 4.09. The average molecular weight is 379 g/mol. The molecule has 0 spiro atoms. The summed E-state index contributed by atoms with van der Waals surface area (Å²) in [7, 11) is 1.38. The number of hydrogen-bond donors (Lipinski definition) is 5. The van der Waals surface area contributed by atoms with Gasteiger partial charge in [0.15, 0.2) is 0 Å². The van der Waals surface area contributed by atoms with Gasteiger partial charge in [0.1, 0.15) is 5.82 Å². The van der Waals surface area contributed by atoms with Crippen LogP contribution >= 0.6 is 0 Å². The Morgan fingerprint density at radius 1 is 1.32 bits per heavy atom. The summed E-state index contributed by atoms with van der Waals surface area (Å²) in [5.41, 5.74) is 8.67. The molecule has 6 N–H and O–H groups in total. The summed E-state index contributed by atoms with van der Waals surface area (Å²) in [6, 6.07) is 10.5. The van der Waals surface area contributed by atoms with E-state index in [4.69, 9.17) is 15.9 Å². The second kappa shape index (κ2) is 8.21. The van der Waals surface area contributed by atoms with Gasteiger partial charge in [-0.3, -0.25) is 15.8 Å². The van der Waals surface area contributed by atoms with Gasteiger partial charge in [-0.05, 0) is 12.5 Å². The first-order chi connectivity index (χ1) is 13.5. The molecule has 1 atom stereocenters. The van der Waals surface area contributed by atoms with Crippen molar-refractivity contribution in [1.29, 1.82) is 5.41 Å². The molecular weight excluding hydrogens is 358 g/mol. The number of hydrogen-bond acceptors (Lipinski definition) is 6. The van der Waals surface area contributed by atoms with Crippen LogP contribution in [-0.4, -0.2) is 34.2 Å². The fourth-order valence-electron chi connectivity index (χ4n) is 2.73. The molecule has 0 fully saturated rings. The summed E-state index contributed by atoms with van der Waals surface area (Å²) in [4.78, 5) is 16.8. The normalized spacial score (nSPS) is 11.5. The van der Waals surface area contributed by atoms with Crippen LogP contribution in [0, 0.1) is 5.41 Å². The molecule has 2 aromatic heterocycles. The molecule has 144 valence electrons. The van der Waals surface area contributed by atoms with E-state index in [9.17, 15) is 4.79 Å². The number of benzene rings is 1. The molecule has 1 aromatic carbocycles. The van der Waals surface area contributed by atoms with E-state index >= 15 is 0 Å². The number of amides is 2. The first kappa shape index (κ1) is 18.9. The SMILES string of the molecule is COC(=N)c1c(N)cc(NC(=O)N[C@H](C)c2ccccc2)nc1-c1cn[nH]c1. The van der Waals surface area contributed by atoms with Crippen molar-refractivity contribution in [3.05, 3.63) is 59.9 Å². The monoisotopic (exact) mass is 379 g/mol. The van der Waals surface area contributed by atoms with E-state index in [0.29, 0.717) is 16.8 Å². The van der Waals surface area contributed by atoms with Crippen LogP contribution in [0.3, 0.4) is 0 Å². The van der Waals surface area contributed by atoms with Gasteiger partial charge in [0.2, 0.25) is 5.90 Å². The molecular formula is C19H21N7O2. The van der Waals surface area contributed by atoms with E-state index < -0.39 is 6.03 Å². The highest BCUT2D eigenvalue weighted by Gasteiger charge is 2.19. The number of nitrogens with one attached hydrogen (secondary N) is 4. The zero-order valence-corrected chi connectivity index (χ0v) is 15.5. The third-order valence-electron chi connectivity index (χ3n) is 4.14. The van der Waals surface area contributed by atoms with E-state index in [1.165, 1.54) is 13.2 Å². The lowest BCUT2D eigenvalue weighted by Gasteiger charge is -2.16. The number of rotatable bonds is 5. The number of nitrogen functional groups attached to an aromatic ring is 1. The van der Waals surface area contributed by atoms with Crippen molar-refractivity contribution in [2.75, 3.05) is 18.2 Å². The summed E-state index contributed by atoms with van der Waals surface area (Å²) in [5.74, 6) is 0.119. The molecule has 3 aromatic rings. The average Bonchev–Trinajstić information content (AvgIpc) is 3.22.